The maximum absolute atomic E-state index is 13.7. The molecular weight excluding hydrogens is 552 g/mol. The van der Waals surface area contributed by atoms with Crippen molar-refractivity contribution in [3.05, 3.63) is 51.7 Å². The Morgan fingerprint density at radius 3 is 2.27 bits per heavy atom. The van der Waals surface area contributed by atoms with Crippen LogP contribution in [-0.4, -0.2) is 60.6 Å². The lowest BCUT2D eigenvalue weighted by atomic mass is 10.0. The minimum Gasteiger partial charge on any atom is -0.429 e. The third-order valence-electron chi connectivity index (χ3n) is 5.48. The van der Waals surface area contributed by atoms with Crippen molar-refractivity contribution in [2.24, 2.45) is 0 Å². The zero-order chi connectivity index (χ0) is 27.5. The summed E-state index contributed by atoms with van der Waals surface area (Å²) in [7, 11) is 0. The normalized spacial score (nSPS) is 16.2. The Hall–Kier alpha value is -2.84. The molecule has 0 bridgehead atoms. The summed E-state index contributed by atoms with van der Waals surface area (Å²) < 4.78 is 83.3. The molecule has 1 aromatic carbocycles. The van der Waals surface area contributed by atoms with E-state index in [0.29, 0.717) is 18.0 Å². The molecule has 0 saturated carbocycles. The number of rotatable bonds is 6. The van der Waals surface area contributed by atoms with Crippen LogP contribution in [0.1, 0.15) is 22.0 Å². The maximum Gasteiger partial charge on any atom is 0.490 e. The lowest BCUT2D eigenvalue weighted by molar-refractivity contribution is -0.201. The first-order valence-corrected chi connectivity index (χ1v) is 12.0. The van der Waals surface area contributed by atoms with Gasteiger partial charge in [-0.05, 0) is 36.1 Å². The summed E-state index contributed by atoms with van der Waals surface area (Å²) in [5, 5.41) is 4.58. The van der Waals surface area contributed by atoms with E-state index in [9.17, 15) is 40.7 Å². The smallest absolute Gasteiger partial charge is 0.429 e. The third-order valence-corrected chi connectivity index (χ3v) is 6.68. The molecule has 2 atom stereocenters. The lowest BCUT2D eigenvalue weighted by Gasteiger charge is -2.37. The molecular formula is C22H20ClF6N3O4S. The number of piperazine rings is 1. The second kappa shape index (κ2) is 11.3. The molecule has 1 N–H and O–H groups in total. The first-order valence-electron chi connectivity index (χ1n) is 10.7. The van der Waals surface area contributed by atoms with Crippen molar-refractivity contribution in [3.8, 4) is 0 Å². The summed E-state index contributed by atoms with van der Waals surface area (Å²) in [6.07, 6.45) is -10.3. The van der Waals surface area contributed by atoms with Crippen molar-refractivity contribution in [2.75, 3.05) is 31.1 Å². The van der Waals surface area contributed by atoms with Gasteiger partial charge in [-0.1, -0.05) is 23.7 Å². The second-order valence-electron chi connectivity index (χ2n) is 7.87. The molecule has 202 valence electrons. The van der Waals surface area contributed by atoms with Crippen LogP contribution in [0.4, 0.5) is 32.0 Å². The van der Waals surface area contributed by atoms with E-state index in [2.05, 4.69) is 10.1 Å². The number of halogens is 7. The summed E-state index contributed by atoms with van der Waals surface area (Å²) >= 11 is 6.77. The summed E-state index contributed by atoms with van der Waals surface area (Å²) in [6.45, 7) is 2.26. The van der Waals surface area contributed by atoms with Gasteiger partial charge in [-0.25, -0.2) is 4.79 Å². The average molecular weight is 572 g/mol. The van der Waals surface area contributed by atoms with E-state index in [1.807, 2.05) is 0 Å². The molecule has 37 heavy (non-hydrogen) atoms. The van der Waals surface area contributed by atoms with Crippen LogP contribution in [0.25, 0.3) is 0 Å². The van der Waals surface area contributed by atoms with E-state index in [0.717, 1.165) is 36.5 Å². The van der Waals surface area contributed by atoms with Crippen molar-refractivity contribution >= 4 is 46.4 Å². The van der Waals surface area contributed by atoms with Crippen molar-refractivity contribution in [1.82, 2.24) is 10.2 Å². The summed E-state index contributed by atoms with van der Waals surface area (Å²) in [5.41, 5.74) is -4.65. The Balaban J connectivity index is 2.17. The fraction of sp³-hybridized carbons (Fsp3) is 0.409. The van der Waals surface area contributed by atoms with Gasteiger partial charge >= 0.3 is 18.3 Å². The lowest BCUT2D eigenvalue weighted by Crippen LogP contribution is -2.53. The molecule has 1 aliphatic heterocycles. The maximum atomic E-state index is 13.7. The molecule has 1 saturated heterocycles. The number of esters is 1. The van der Waals surface area contributed by atoms with E-state index in [1.54, 1.807) is 5.38 Å². The standard InChI is InChI=1S/C22H20ClF6N3O4S/c1-12-13(21(24,25)26)4-2-5-14(12)32(19(34)17(23)36-20(35)22(27,28)29)16(15-6-3-11-37-15)18(33)31-9-7-30-8-10-31/h2-6,11,16-17,30H,7-10H2,1H3. The average Bonchev–Trinajstić information content (AvgIpc) is 3.35. The Bertz CT molecular complexity index is 1140. The number of hydrogen-bond acceptors (Lipinski definition) is 6. The van der Waals surface area contributed by atoms with Gasteiger partial charge < -0.3 is 15.0 Å². The van der Waals surface area contributed by atoms with Crippen molar-refractivity contribution in [1.29, 1.82) is 0 Å². The van der Waals surface area contributed by atoms with Crippen LogP contribution in [0.15, 0.2) is 35.7 Å². The molecule has 0 spiro atoms. The van der Waals surface area contributed by atoms with Gasteiger partial charge in [-0.2, -0.15) is 26.3 Å². The highest BCUT2D eigenvalue weighted by atomic mass is 35.5. The molecule has 0 aliphatic carbocycles. The van der Waals surface area contributed by atoms with E-state index in [-0.39, 0.29) is 18.0 Å². The number of anilines is 1. The molecule has 1 fully saturated rings. The van der Waals surface area contributed by atoms with Crippen molar-refractivity contribution in [3.63, 3.8) is 0 Å². The van der Waals surface area contributed by atoms with E-state index in [1.165, 1.54) is 17.0 Å². The van der Waals surface area contributed by atoms with Crippen molar-refractivity contribution < 1.29 is 45.5 Å². The highest BCUT2D eigenvalue weighted by Crippen LogP contribution is 2.40. The Morgan fingerprint density at radius 2 is 1.73 bits per heavy atom. The number of nitrogens with zero attached hydrogens (tertiary/aromatic N) is 2. The minimum atomic E-state index is -5.49. The van der Waals surface area contributed by atoms with Crippen LogP contribution in [0.2, 0.25) is 0 Å². The highest BCUT2D eigenvalue weighted by molar-refractivity contribution is 7.10. The van der Waals surface area contributed by atoms with Crippen LogP contribution in [0, 0.1) is 6.92 Å². The van der Waals surface area contributed by atoms with Crippen LogP contribution in [0.3, 0.4) is 0 Å². The molecule has 2 heterocycles. The molecule has 2 aromatic rings. The molecule has 1 aliphatic rings. The molecule has 1 aromatic heterocycles. The van der Waals surface area contributed by atoms with E-state index < -0.39 is 58.6 Å². The Labute approximate surface area is 215 Å². The summed E-state index contributed by atoms with van der Waals surface area (Å²) in [6, 6.07) is 4.21. The van der Waals surface area contributed by atoms with Crippen LogP contribution in [-0.2, 0) is 25.3 Å². The predicted molar refractivity (Wildman–Crippen MR) is 122 cm³/mol. The molecule has 7 nitrogen and oxygen atoms in total. The SMILES string of the molecule is Cc1c(N(C(=O)C(Cl)OC(=O)C(F)(F)F)C(C(=O)N2CCNCC2)c2cccs2)cccc1C(F)(F)F. The van der Waals surface area contributed by atoms with E-state index >= 15 is 0 Å². The number of benzene rings is 1. The van der Waals surface area contributed by atoms with Gasteiger partial charge in [0.2, 0.25) is 0 Å². The number of carbonyl (C=O) groups excluding carboxylic acids is 3. The van der Waals surface area contributed by atoms with Gasteiger partial charge in [0.1, 0.15) is 0 Å². The number of nitrogens with one attached hydrogen (secondary N) is 1. The fourth-order valence-corrected chi connectivity index (χ4v) is 4.75. The summed E-state index contributed by atoms with van der Waals surface area (Å²) in [5.74, 6) is -4.99. The van der Waals surface area contributed by atoms with Crippen LogP contribution < -0.4 is 10.2 Å². The molecule has 15 heteroatoms. The zero-order valence-electron chi connectivity index (χ0n) is 19.0. The second-order valence-corrected chi connectivity index (χ2v) is 9.24. The zero-order valence-corrected chi connectivity index (χ0v) is 20.6. The van der Waals surface area contributed by atoms with Gasteiger partial charge in [-0.15, -0.1) is 11.3 Å². The Morgan fingerprint density at radius 1 is 1.08 bits per heavy atom. The van der Waals surface area contributed by atoms with Gasteiger partial charge in [0.15, 0.2) is 6.04 Å². The number of ether oxygens (including phenoxy) is 1. The summed E-state index contributed by atoms with van der Waals surface area (Å²) in [4.78, 5) is 40.6. The predicted octanol–water partition coefficient (Wildman–Crippen LogP) is 4.25. The Kier molecular flexibility index (Phi) is 8.75. The first kappa shape index (κ1) is 28.7. The van der Waals surface area contributed by atoms with Gasteiger partial charge in [0.05, 0.1) is 5.56 Å². The molecule has 3 rings (SSSR count). The quantitative estimate of drug-likeness (QED) is 0.319. The number of hydrogen-bond donors (Lipinski definition) is 1. The third kappa shape index (κ3) is 6.54. The largest absolute Gasteiger partial charge is 0.490 e. The number of thiophene rings is 1. The van der Waals surface area contributed by atoms with E-state index in [4.69, 9.17) is 11.6 Å². The minimum absolute atomic E-state index is 0.206. The molecule has 0 radical (unpaired) electrons. The van der Waals surface area contributed by atoms with Gasteiger partial charge in [0.25, 0.3) is 17.4 Å². The number of alkyl halides is 7. The molecule has 2 amide bonds. The van der Waals surface area contributed by atoms with Crippen LogP contribution in [0.5, 0.6) is 0 Å². The van der Waals surface area contributed by atoms with Crippen LogP contribution >= 0.6 is 22.9 Å². The number of carbonyl (C=O) groups is 3. The van der Waals surface area contributed by atoms with Gasteiger partial charge in [-0.3, -0.25) is 14.5 Å². The first-order chi connectivity index (χ1) is 17.2. The topological polar surface area (TPSA) is 79.0 Å². The molecule has 2 unspecified atom stereocenters. The number of amides is 2. The van der Waals surface area contributed by atoms with Crippen molar-refractivity contribution in [2.45, 2.75) is 30.9 Å². The van der Waals surface area contributed by atoms with Gasteiger partial charge in [0, 0.05) is 36.7 Å². The fourth-order valence-electron chi connectivity index (χ4n) is 3.76. The highest BCUT2D eigenvalue weighted by Gasteiger charge is 2.46. The monoisotopic (exact) mass is 571 g/mol.